The molecule has 0 aliphatic carbocycles. The van der Waals surface area contributed by atoms with Crippen LogP contribution in [0.25, 0.3) is 0 Å². The van der Waals surface area contributed by atoms with E-state index in [0.717, 1.165) is 35.9 Å². The quantitative estimate of drug-likeness (QED) is 0.846. The molecule has 1 aromatic rings. The van der Waals surface area contributed by atoms with E-state index in [4.69, 9.17) is 22.1 Å². The minimum atomic E-state index is -0.155. The highest BCUT2D eigenvalue weighted by molar-refractivity contribution is 6.31. The molecule has 0 bridgehead atoms. The Labute approximate surface area is 120 Å². The van der Waals surface area contributed by atoms with Crippen molar-refractivity contribution in [2.75, 3.05) is 18.8 Å². The van der Waals surface area contributed by atoms with Crippen LogP contribution >= 0.6 is 11.6 Å². The Bertz CT molecular complexity index is 435. The second-order valence-corrected chi connectivity index (χ2v) is 6.98. The zero-order chi connectivity index (χ0) is 14.3. The molecule has 0 amide bonds. The van der Waals surface area contributed by atoms with Gasteiger partial charge in [0.2, 0.25) is 0 Å². The van der Waals surface area contributed by atoms with Crippen molar-refractivity contribution < 1.29 is 4.74 Å². The lowest BCUT2D eigenvalue weighted by atomic mass is 9.98. The first kappa shape index (κ1) is 14.6. The van der Waals surface area contributed by atoms with E-state index >= 15 is 0 Å². The molecule has 19 heavy (non-hydrogen) atoms. The average molecular weight is 283 g/mol. The van der Waals surface area contributed by atoms with Crippen LogP contribution in [-0.2, 0) is 11.3 Å². The van der Waals surface area contributed by atoms with Crippen molar-refractivity contribution in [3.63, 3.8) is 0 Å². The summed E-state index contributed by atoms with van der Waals surface area (Å²) >= 11 is 6.25. The van der Waals surface area contributed by atoms with Gasteiger partial charge < -0.3 is 10.5 Å². The number of nitrogen functional groups attached to an aromatic ring is 1. The normalized spacial score (nSPS) is 22.4. The fourth-order valence-electron chi connectivity index (χ4n) is 3.02. The zero-order valence-corrected chi connectivity index (χ0v) is 12.9. The number of morpholine rings is 1. The van der Waals surface area contributed by atoms with Crippen LogP contribution in [0.4, 0.5) is 5.69 Å². The SMILES string of the molecule is CC1(C)CN(Cc2c(N)cccc2Cl)CC(C)(C)O1. The molecule has 0 radical (unpaired) electrons. The first-order valence-corrected chi connectivity index (χ1v) is 7.02. The van der Waals surface area contributed by atoms with Crippen molar-refractivity contribution in [3.8, 4) is 0 Å². The molecule has 0 saturated carbocycles. The van der Waals surface area contributed by atoms with Crippen molar-refractivity contribution in [3.05, 3.63) is 28.8 Å². The number of halogens is 1. The number of anilines is 1. The maximum atomic E-state index is 6.25. The van der Waals surface area contributed by atoms with Gasteiger partial charge in [-0.1, -0.05) is 17.7 Å². The van der Waals surface area contributed by atoms with E-state index in [2.05, 4.69) is 32.6 Å². The Morgan fingerprint density at radius 3 is 2.32 bits per heavy atom. The largest absolute Gasteiger partial charge is 0.398 e. The first-order valence-electron chi connectivity index (χ1n) is 6.64. The molecular formula is C15H23ClN2O. The third-order valence-corrected chi connectivity index (χ3v) is 3.65. The minimum Gasteiger partial charge on any atom is -0.398 e. The average Bonchev–Trinajstić information content (AvgIpc) is 2.19. The minimum absolute atomic E-state index is 0.155. The Morgan fingerprint density at radius 1 is 1.21 bits per heavy atom. The van der Waals surface area contributed by atoms with Crippen molar-refractivity contribution in [1.29, 1.82) is 0 Å². The van der Waals surface area contributed by atoms with Crippen LogP contribution in [0, 0.1) is 0 Å². The van der Waals surface area contributed by atoms with E-state index in [1.54, 1.807) is 0 Å². The summed E-state index contributed by atoms with van der Waals surface area (Å²) < 4.78 is 6.08. The predicted molar refractivity (Wildman–Crippen MR) is 80.4 cm³/mol. The molecule has 106 valence electrons. The number of nitrogens with two attached hydrogens (primary N) is 1. The molecule has 4 heteroatoms. The maximum absolute atomic E-state index is 6.25. The molecule has 0 aromatic heterocycles. The highest BCUT2D eigenvalue weighted by Crippen LogP contribution is 2.31. The molecule has 2 rings (SSSR count). The maximum Gasteiger partial charge on any atom is 0.0760 e. The van der Waals surface area contributed by atoms with Gasteiger partial charge >= 0.3 is 0 Å². The third kappa shape index (κ3) is 3.62. The van der Waals surface area contributed by atoms with Crippen LogP contribution in [0.1, 0.15) is 33.3 Å². The van der Waals surface area contributed by atoms with E-state index in [1.807, 2.05) is 18.2 Å². The standard InChI is InChI=1S/C15H23ClN2O/c1-14(2)9-18(10-15(3,4)19-14)8-11-12(16)6-5-7-13(11)17/h5-7H,8-10,17H2,1-4H3. The highest BCUT2D eigenvalue weighted by Gasteiger charge is 2.38. The van der Waals surface area contributed by atoms with Crippen LogP contribution in [0.5, 0.6) is 0 Å². The summed E-state index contributed by atoms with van der Waals surface area (Å²) in [5, 5.41) is 0.738. The Balaban J connectivity index is 2.19. The summed E-state index contributed by atoms with van der Waals surface area (Å²) in [7, 11) is 0. The fourth-order valence-corrected chi connectivity index (χ4v) is 3.26. The lowest BCUT2D eigenvalue weighted by Crippen LogP contribution is -2.56. The Morgan fingerprint density at radius 2 is 1.79 bits per heavy atom. The highest BCUT2D eigenvalue weighted by atomic mass is 35.5. The van der Waals surface area contributed by atoms with E-state index < -0.39 is 0 Å². The Hall–Kier alpha value is -0.770. The molecule has 0 unspecified atom stereocenters. The summed E-state index contributed by atoms with van der Waals surface area (Å²) in [5.41, 5.74) is 7.49. The van der Waals surface area contributed by atoms with Gasteiger partial charge in [0.1, 0.15) is 0 Å². The van der Waals surface area contributed by atoms with Gasteiger partial charge in [0.15, 0.2) is 0 Å². The van der Waals surface area contributed by atoms with Crippen molar-refractivity contribution >= 4 is 17.3 Å². The van der Waals surface area contributed by atoms with Crippen molar-refractivity contribution in [1.82, 2.24) is 4.90 Å². The number of hydrogen-bond acceptors (Lipinski definition) is 3. The molecule has 1 aliphatic heterocycles. The van der Waals surface area contributed by atoms with Gasteiger partial charge in [-0.25, -0.2) is 0 Å². The smallest absolute Gasteiger partial charge is 0.0760 e. The van der Waals surface area contributed by atoms with E-state index in [0.29, 0.717) is 0 Å². The van der Waals surface area contributed by atoms with Gasteiger partial charge in [-0.05, 0) is 39.8 Å². The summed E-state index contributed by atoms with van der Waals surface area (Å²) in [6, 6.07) is 5.68. The molecule has 1 fully saturated rings. The number of benzene rings is 1. The van der Waals surface area contributed by atoms with Crippen LogP contribution in [-0.4, -0.2) is 29.2 Å². The number of rotatable bonds is 2. The van der Waals surface area contributed by atoms with Gasteiger partial charge in [0.05, 0.1) is 11.2 Å². The second kappa shape index (κ2) is 4.97. The van der Waals surface area contributed by atoms with Gasteiger partial charge in [-0.2, -0.15) is 0 Å². The monoisotopic (exact) mass is 282 g/mol. The predicted octanol–water partition coefficient (Wildman–Crippen LogP) is 3.31. The van der Waals surface area contributed by atoms with Gasteiger partial charge in [0.25, 0.3) is 0 Å². The summed E-state index contributed by atoms with van der Waals surface area (Å²) in [5.74, 6) is 0. The summed E-state index contributed by atoms with van der Waals surface area (Å²) in [6.45, 7) is 11.0. The van der Waals surface area contributed by atoms with Gasteiger partial charge in [-0.15, -0.1) is 0 Å². The number of nitrogens with zero attached hydrogens (tertiary/aromatic N) is 1. The van der Waals surface area contributed by atoms with E-state index in [1.165, 1.54) is 0 Å². The van der Waals surface area contributed by atoms with Crippen LogP contribution in [0.2, 0.25) is 5.02 Å². The topological polar surface area (TPSA) is 38.5 Å². The van der Waals surface area contributed by atoms with E-state index in [9.17, 15) is 0 Å². The summed E-state index contributed by atoms with van der Waals surface area (Å²) in [6.07, 6.45) is 0. The lowest BCUT2D eigenvalue weighted by Gasteiger charge is -2.47. The summed E-state index contributed by atoms with van der Waals surface area (Å²) in [4.78, 5) is 2.36. The molecule has 1 aliphatic rings. The molecule has 2 N–H and O–H groups in total. The lowest BCUT2D eigenvalue weighted by molar-refractivity contribution is -0.182. The van der Waals surface area contributed by atoms with Crippen LogP contribution in [0.15, 0.2) is 18.2 Å². The molecule has 1 heterocycles. The number of ether oxygens (including phenoxy) is 1. The molecular weight excluding hydrogens is 260 g/mol. The van der Waals surface area contributed by atoms with Gasteiger partial charge in [0, 0.05) is 35.9 Å². The van der Waals surface area contributed by atoms with Crippen molar-refractivity contribution in [2.45, 2.75) is 45.4 Å². The van der Waals surface area contributed by atoms with Crippen LogP contribution in [0.3, 0.4) is 0 Å². The van der Waals surface area contributed by atoms with Crippen molar-refractivity contribution in [2.24, 2.45) is 0 Å². The zero-order valence-electron chi connectivity index (χ0n) is 12.2. The number of hydrogen-bond donors (Lipinski definition) is 1. The molecule has 1 aromatic carbocycles. The third-order valence-electron chi connectivity index (χ3n) is 3.30. The first-order chi connectivity index (χ1) is 8.69. The van der Waals surface area contributed by atoms with Gasteiger partial charge in [-0.3, -0.25) is 4.90 Å². The molecule has 1 saturated heterocycles. The fraction of sp³-hybridized carbons (Fsp3) is 0.600. The molecule has 0 atom stereocenters. The second-order valence-electron chi connectivity index (χ2n) is 6.57. The molecule has 3 nitrogen and oxygen atoms in total. The van der Waals surface area contributed by atoms with Crippen LogP contribution < -0.4 is 5.73 Å². The van der Waals surface area contributed by atoms with E-state index in [-0.39, 0.29) is 11.2 Å². The Kier molecular flexibility index (Phi) is 3.83. The molecule has 0 spiro atoms.